The molecule has 5 aliphatic rings. The van der Waals surface area contributed by atoms with Crippen molar-refractivity contribution in [2.45, 2.75) is 193 Å². The largest absolute Gasteiger partial charge is 0.479 e. The molecule has 0 aliphatic carbocycles. The molecule has 32 heteroatoms. The van der Waals surface area contributed by atoms with Crippen LogP contribution >= 0.6 is 0 Å². The Balaban J connectivity index is 0.900. The summed E-state index contributed by atoms with van der Waals surface area (Å²) >= 11 is 0. The minimum absolute atomic E-state index is 0.00604. The van der Waals surface area contributed by atoms with Gasteiger partial charge >= 0.3 is 11.9 Å². The first-order valence-electron chi connectivity index (χ1n) is 34.4. The molecule has 568 valence electrons. The molecule has 6 aromatic carbocycles. The standard InChI is InChI=1S/C74H87N7O25/c1-90-69(89)66-63(61(95-39-45-27-15-6-16-28-45)55(86)73(106-66)102-58-50(35-84)99-71(91-2)52(78-80-76)60(58)94-38-44-25-13-5-14-26-44)103-70-51(75)54(85)56(48(33-82)98-70)101-74-67(97-41-47-31-19-8-20-32-47)62(96-40-46-29-17-7-18-30-46)64(65(105-74)68(87)88)104-72-53(79-81-77)59(93-37-43-23-11-4-12-24-43)57(49(34-83)100-72)92-36-42-21-9-3-10-22-42/h3-32,48-67,70-74,82-86H,33-41,75H2,1-2H3,(H,87,88)/t48?,49?,50?,51?,52?,53?,54-,55?,56+,57+,58+,59-,60-,61+,62+,63-,64-,65?,66?,67?,70+,71-,72+,73-,74-/m1/s1. The lowest BCUT2D eigenvalue weighted by molar-refractivity contribution is -0.382. The number of aliphatic hydroxyl groups excluding tert-OH is 5. The number of nitrogens with zero attached hydrogens (tertiary/aromatic N) is 6. The van der Waals surface area contributed by atoms with E-state index in [-0.39, 0.29) is 39.6 Å². The van der Waals surface area contributed by atoms with Gasteiger partial charge in [0.15, 0.2) is 43.7 Å². The lowest BCUT2D eigenvalue weighted by Crippen LogP contribution is -2.70. The van der Waals surface area contributed by atoms with Crippen molar-refractivity contribution in [3.05, 3.63) is 236 Å². The van der Waals surface area contributed by atoms with Gasteiger partial charge in [-0.1, -0.05) is 192 Å². The van der Waals surface area contributed by atoms with E-state index in [9.17, 15) is 51.3 Å². The fourth-order valence-electron chi connectivity index (χ4n) is 13.3. The smallest absolute Gasteiger partial charge is 0.337 e. The quantitative estimate of drug-likeness (QED) is 0.0122. The zero-order chi connectivity index (χ0) is 74.5. The number of azide groups is 2. The third-order valence-electron chi connectivity index (χ3n) is 18.7. The fraction of sp³-hybridized carbons (Fsp3) is 0.486. The van der Waals surface area contributed by atoms with Crippen molar-refractivity contribution in [3.8, 4) is 0 Å². The maximum absolute atomic E-state index is 14.3. The van der Waals surface area contributed by atoms with Gasteiger partial charge in [-0.2, -0.15) is 0 Å². The van der Waals surface area contributed by atoms with E-state index >= 15 is 0 Å². The topological polar surface area (TPSA) is 436 Å². The molecule has 0 radical (unpaired) electrons. The first-order valence-corrected chi connectivity index (χ1v) is 34.4. The van der Waals surface area contributed by atoms with Crippen LogP contribution in [0.5, 0.6) is 0 Å². The summed E-state index contributed by atoms with van der Waals surface area (Å²) in [5, 5.41) is 78.1. The van der Waals surface area contributed by atoms with Gasteiger partial charge in [-0.25, -0.2) is 9.59 Å². The molecule has 25 atom stereocenters. The molecule has 106 heavy (non-hydrogen) atoms. The van der Waals surface area contributed by atoms with Crippen LogP contribution in [0.3, 0.4) is 0 Å². The van der Waals surface area contributed by atoms with Gasteiger partial charge in [0, 0.05) is 16.9 Å². The number of nitrogens with two attached hydrogens (primary N) is 1. The van der Waals surface area contributed by atoms with Gasteiger partial charge in [-0.05, 0) is 44.4 Å². The van der Waals surface area contributed by atoms with Crippen LogP contribution in [0.1, 0.15) is 33.4 Å². The summed E-state index contributed by atoms with van der Waals surface area (Å²) in [5.41, 5.74) is 31.0. The van der Waals surface area contributed by atoms with Gasteiger partial charge < -0.3 is 117 Å². The normalized spacial score (nSPS) is 33.1. The van der Waals surface area contributed by atoms with E-state index in [4.69, 9.17) is 86.3 Å². The van der Waals surface area contributed by atoms with Gasteiger partial charge in [0.05, 0.1) is 72.6 Å². The van der Waals surface area contributed by atoms with Crippen LogP contribution in [0, 0.1) is 0 Å². The molecule has 11 rings (SSSR count). The molecule has 5 heterocycles. The molecule has 6 aromatic rings. The molecular formula is C74H87N7O25. The number of rotatable bonds is 34. The maximum Gasteiger partial charge on any atom is 0.337 e. The van der Waals surface area contributed by atoms with Crippen LogP contribution in [-0.4, -0.2) is 230 Å². The number of carbonyl (C=O) groups excluding carboxylic acids is 1. The molecule has 0 amide bonds. The van der Waals surface area contributed by atoms with E-state index < -0.39 is 185 Å². The second-order valence-electron chi connectivity index (χ2n) is 25.5. The van der Waals surface area contributed by atoms with E-state index in [0.717, 1.165) is 18.2 Å². The van der Waals surface area contributed by atoms with E-state index in [1.54, 1.807) is 121 Å². The highest BCUT2D eigenvalue weighted by atomic mass is 16.8. The van der Waals surface area contributed by atoms with Crippen LogP contribution in [0.25, 0.3) is 20.9 Å². The second-order valence-corrected chi connectivity index (χ2v) is 25.5. The molecule has 5 aliphatic heterocycles. The Bertz CT molecular complexity index is 3740. The monoisotopic (exact) mass is 1470 g/mol. The zero-order valence-corrected chi connectivity index (χ0v) is 57.8. The molecule has 8 N–H and O–H groups in total. The van der Waals surface area contributed by atoms with Crippen LogP contribution in [0.2, 0.25) is 0 Å². The summed E-state index contributed by atoms with van der Waals surface area (Å²) in [7, 11) is 2.35. The van der Waals surface area contributed by atoms with Crippen molar-refractivity contribution < 1.29 is 121 Å². The van der Waals surface area contributed by atoms with Gasteiger partial charge in [0.1, 0.15) is 104 Å². The number of carboxylic acid groups (broad SMARTS) is 1. The third kappa shape index (κ3) is 19.6. The number of aliphatic carboxylic acids is 1. The molecule has 0 bridgehead atoms. The molecule has 0 aromatic heterocycles. The summed E-state index contributed by atoms with van der Waals surface area (Å²) in [6.07, 6.45) is -36.1. The average molecular weight is 1470 g/mol. The third-order valence-corrected chi connectivity index (χ3v) is 18.7. The van der Waals surface area contributed by atoms with Crippen LogP contribution in [-0.2, 0) is 130 Å². The number of hydrogen-bond acceptors (Lipinski definition) is 27. The van der Waals surface area contributed by atoms with Gasteiger partial charge in [0.2, 0.25) is 0 Å². The molecule has 5 fully saturated rings. The Morgan fingerprint density at radius 1 is 0.396 bits per heavy atom. The molecule has 32 nitrogen and oxygen atoms in total. The summed E-state index contributed by atoms with van der Waals surface area (Å²) in [4.78, 5) is 34.5. The number of carboxylic acids is 1. The minimum Gasteiger partial charge on any atom is -0.479 e. The average Bonchev–Trinajstić information content (AvgIpc) is 0.763. The highest BCUT2D eigenvalue weighted by Crippen LogP contribution is 2.41. The van der Waals surface area contributed by atoms with Crippen molar-refractivity contribution in [1.29, 1.82) is 0 Å². The van der Waals surface area contributed by atoms with E-state index in [1.165, 1.54) is 7.11 Å². The van der Waals surface area contributed by atoms with Gasteiger partial charge in [0.25, 0.3) is 0 Å². The van der Waals surface area contributed by atoms with Crippen molar-refractivity contribution >= 4 is 11.9 Å². The number of ether oxygens (including phenoxy) is 17. The highest BCUT2D eigenvalue weighted by Gasteiger charge is 2.60. The van der Waals surface area contributed by atoms with Gasteiger partial charge in [-0.3, -0.25) is 0 Å². The van der Waals surface area contributed by atoms with E-state index in [1.807, 2.05) is 60.7 Å². The summed E-state index contributed by atoms with van der Waals surface area (Å²) in [5.74, 6) is -2.75. The molecular weight excluding hydrogens is 1390 g/mol. The molecule has 5 saturated heterocycles. The van der Waals surface area contributed by atoms with Gasteiger partial charge in [-0.15, -0.1) is 0 Å². The molecule has 0 saturated carbocycles. The fourth-order valence-corrected chi connectivity index (χ4v) is 13.3. The molecule has 10 unspecified atom stereocenters. The maximum atomic E-state index is 14.3. The molecule has 0 spiro atoms. The van der Waals surface area contributed by atoms with Crippen molar-refractivity contribution in [3.63, 3.8) is 0 Å². The van der Waals surface area contributed by atoms with Crippen LogP contribution in [0.15, 0.2) is 192 Å². The second kappa shape index (κ2) is 39.2. The first-order chi connectivity index (χ1) is 51.8. The summed E-state index contributed by atoms with van der Waals surface area (Å²) in [6.45, 7) is -3.18. The first kappa shape index (κ1) is 79.1. The van der Waals surface area contributed by atoms with Crippen molar-refractivity contribution in [2.75, 3.05) is 34.0 Å². The van der Waals surface area contributed by atoms with Crippen LogP contribution in [0.4, 0.5) is 0 Å². The SMILES string of the molecule is COC(=O)C1O[C@@H](O[C@H]2C(CO)O[C@@H](OC)C(N=[N+]=[N-])[C@H]2OCc2ccccc2)C(O)[C@H](OCc2ccccc2)[C@H]1O[C@@H]1OC(CO)[C@H](O[C@@H]2OC(C(=O)O)[C@H](O[C@@H]3OC(CO)[C@H](OCc4ccccc4)[C@H](OCc4ccccc4)C3N=[N+]=[N-])[C@H](OCc3ccccc3)C2OCc2ccccc2)[C@H](O)C1N. The number of aliphatic hydroxyl groups is 5. The number of carbonyl (C=O) groups is 2. The highest BCUT2D eigenvalue weighted by molar-refractivity contribution is 5.75. The lowest BCUT2D eigenvalue weighted by Gasteiger charge is -2.51. The Hall–Kier alpha value is -8.00. The Kier molecular flexibility index (Phi) is 29.2. The predicted octanol–water partition coefficient (Wildman–Crippen LogP) is 4.95. The predicted molar refractivity (Wildman–Crippen MR) is 367 cm³/mol. The Morgan fingerprint density at radius 3 is 1.17 bits per heavy atom. The Morgan fingerprint density at radius 2 is 0.736 bits per heavy atom. The van der Waals surface area contributed by atoms with Crippen molar-refractivity contribution in [2.24, 2.45) is 16.0 Å². The summed E-state index contributed by atoms with van der Waals surface area (Å²) < 4.78 is 109. The summed E-state index contributed by atoms with van der Waals surface area (Å²) in [6, 6.07) is 49.1. The zero-order valence-electron chi connectivity index (χ0n) is 57.8. The Labute approximate surface area is 609 Å². The van der Waals surface area contributed by atoms with E-state index in [0.29, 0.717) is 22.3 Å². The number of esters is 1. The number of benzene rings is 6. The number of methoxy groups -OCH3 is 2. The van der Waals surface area contributed by atoms with E-state index in [2.05, 4.69) is 20.1 Å². The number of hydrogen-bond donors (Lipinski definition) is 7. The lowest BCUT2D eigenvalue weighted by atomic mass is 9.94. The van der Waals surface area contributed by atoms with Crippen LogP contribution < -0.4 is 5.73 Å². The minimum atomic E-state index is -2.11. The van der Waals surface area contributed by atoms with Crippen molar-refractivity contribution in [1.82, 2.24) is 0 Å².